The summed E-state index contributed by atoms with van der Waals surface area (Å²) in [6.45, 7) is 3.49. The van der Waals surface area contributed by atoms with Crippen molar-refractivity contribution in [1.82, 2.24) is 15.5 Å². The average Bonchev–Trinajstić information content (AvgIpc) is 2.92. The van der Waals surface area contributed by atoms with Crippen molar-refractivity contribution in [2.24, 2.45) is 5.92 Å². The lowest BCUT2D eigenvalue weighted by molar-refractivity contribution is 0.0916. The molecule has 1 aliphatic rings. The van der Waals surface area contributed by atoms with E-state index in [0.717, 1.165) is 13.0 Å². The number of nitrogens with zero attached hydrogens (tertiary/aromatic N) is 2. The van der Waals surface area contributed by atoms with Crippen molar-refractivity contribution >= 4 is 11.7 Å². The molecule has 6 heteroatoms. The molecule has 6 nitrogen and oxygen atoms in total. The van der Waals surface area contributed by atoms with Crippen LogP contribution in [0.2, 0.25) is 0 Å². The lowest BCUT2D eigenvalue weighted by Crippen LogP contribution is -2.38. The van der Waals surface area contributed by atoms with Crippen molar-refractivity contribution in [2.45, 2.75) is 19.4 Å². The highest BCUT2D eigenvalue weighted by Crippen LogP contribution is 2.16. The van der Waals surface area contributed by atoms with E-state index in [1.165, 1.54) is 0 Å². The van der Waals surface area contributed by atoms with E-state index in [2.05, 4.69) is 20.8 Å². The van der Waals surface area contributed by atoms with E-state index in [-0.39, 0.29) is 11.9 Å². The van der Waals surface area contributed by atoms with Gasteiger partial charge < -0.3 is 15.4 Å². The monoisotopic (exact) mass is 250 g/mol. The molecule has 1 saturated heterocycles. The van der Waals surface area contributed by atoms with Gasteiger partial charge in [-0.15, -0.1) is 10.2 Å². The SMILES string of the molecule is CNc1ccc(C(=O)NC(C)C2CCOC2)nn1. The molecule has 0 aliphatic carbocycles. The lowest BCUT2D eigenvalue weighted by Gasteiger charge is -2.18. The molecule has 0 spiro atoms. The van der Waals surface area contributed by atoms with Crippen LogP contribution >= 0.6 is 0 Å². The van der Waals surface area contributed by atoms with Crippen LogP contribution in [-0.4, -0.2) is 42.4 Å². The second-order valence-corrected chi connectivity index (χ2v) is 4.44. The molecule has 98 valence electrons. The molecule has 1 amide bonds. The van der Waals surface area contributed by atoms with Crippen LogP contribution in [0, 0.1) is 5.92 Å². The van der Waals surface area contributed by atoms with Gasteiger partial charge in [0.05, 0.1) is 6.61 Å². The van der Waals surface area contributed by atoms with Gasteiger partial charge in [-0.2, -0.15) is 0 Å². The van der Waals surface area contributed by atoms with E-state index < -0.39 is 0 Å². The fourth-order valence-electron chi connectivity index (χ4n) is 1.93. The Morgan fingerprint density at radius 3 is 2.89 bits per heavy atom. The smallest absolute Gasteiger partial charge is 0.272 e. The van der Waals surface area contributed by atoms with Crippen LogP contribution in [0.15, 0.2) is 12.1 Å². The first kappa shape index (κ1) is 12.8. The van der Waals surface area contributed by atoms with Crippen LogP contribution in [0.3, 0.4) is 0 Å². The summed E-state index contributed by atoms with van der Waals surface area (Å²) in [4.78, 5) is 11.9. The van der Waals surface area contributed by atoms with Gasteiger partial charge in [0.15, 0.2) is 5.69 Å². The maximum absolute atomic E-state index is 11.9. The van der Waals surface area contributed by atoms with E-state index in [9.17, 15) is 4.79 Å². The standard InChI is InChI=1S/C12H18N4O2/c1-8(9-5-6-18-7-9)14-12(17)10-3-4-11(13-2)16-15-10/h3-4,8-9H,5-7H2,1-2H3,(H,13,16)(H,14,17). The Morgan fingerprint density at radius 2 is 2.33 bits per heavy atom. The summed E-state index contributed by atoms with van der Waals surface area (Å²) in [5.41, 5.74) is 0.333. The molecule has 1 fully saturated rings. The van der Waals surface area contributed by atoms with Gasteiger partial charge in [-0.05, 0) is 25.5 Å². The highest BCUT2D eigenvalue weighted by molar-refractivity contribution is 5.92. The van der Waals surface area contributed by atoms with Gasteiger partial charge in [-0.25, -0.2) is 0 Å². The molecule has 1 aromatic heterocycles. The first-order valence-electron chi connectivity index (χ1n) is 6.11. The van der Waals surface area contributed by atoms with E-state index >= 15 is 0 Å². The van der Waals surface area contributed by atoms with Gasteiger partial charge in [-0.1, -0.05) is 0 Å². The summed E-state index contributed by atoms with van der Waals surface area (Å²) in [5, 5.41) is 13.5. The Morgan fingerprint density at radius 1 is 1.50 bits per heavy atom. The van der Waals surface area contributed by atoms with Crippen LogP contribution in [0.1, 0.15) is 23.8 Å². The fourth-order valence-corrected chi connectivity index (χ4v) is 1.93. The second kappa shape index (κ2) is 5.77. The molecule has 0 bridgehead atoms. The van der Waals surface area contributed by atoms with Crippen molar-refractivity contribution in [2.75, 3.05) is 25.6 Å². The van der Waals surface area contributed by atoms with Crippen LogP contribution in [-0.2, 0) is 4.74 Å². The normalized spacial score (nSPS) is 20.4. The van der Waals surface area contributed by atoms with Crippen molar-refractivity contribution < 1.29 is 9.53 Å². The number of nitrogens with one attached hydrogen (secondary N) is 2. The molecule has 2 rings (SSSR count). The van der Waals surface area contributed by atoms with Crippen LogP contribution in [0.5, 0.6) is 0 Å². The van der Waals surface area contributed by atoms with Gasteiger partial charge in [0.25, 0.3) is 5.91 Å². The van der Waals surface area contributed by atoms with Gasteiger partial charge >= 0.3 is 0 Å². The van der Waals surface area contributed by atoms with Gasteiger partial charge in [0, 0.05) is 25.6 Å². The molecule has 0 saturated carbocycles. The van der Waals surface area contributed by atoms with Crippen molar-refractivity contribution in [3.05, 3.63) is 17.8 Å². The quantitative estimate of drug-likeness (QED) is 0.821. The molecule has 1 aromatic rings. The van der Waals surface area contributed by atoms with Crippen molar-refractivity contribution in [1.29, 1.82) is 0 Å². The molecule has 2 heterocycles. The summed E-state index contributed by atoms with van der Waals surface area (Å²) in [7, 11) is 1.76. The maximum atomic E-state index is 11.9. The van der Waals surface area contributed by atoms with Crippen molar-refractivity contribution in [3.63, 3.8) is 0 Å². The number of hydrogen-bond donors (Lipinski definition) is 2. The zero-order chi connectivity index (χ0) is 13.0. The first-order chi connectivity index (χ1) is 8.70. The maximum Gasteiger partial charge on any atom is 0.272 e. The Labute approximate surface area is 106 Å². The Kier molecular flexibility index (Phi) is 4.09. The number of anilines is 1. The fraction of sp³-hybridized carbons (Fsp3) is 0.583. The number of amides is 1. The number of aromatic nitrogens is 2. The number of rotatable bonds is 4. The molecule has 0 radical (unpaired) electrons. The Bertz CT molecular complexity index is 401. The van der Waals surface area contributed by atoms with Crippen LogP contribution < -0.4 is 10.6 Å². The third-order valence-electron chi connectivity index (χ3n) is 3.18. The summed E-state index contributed by atoms with van der Waals surface area (Å²) in [6.07, 6.45) is 0.992. The molecular weight excluding hydrogens is 232 g/mol. The largest absolute Gasteiger partial charge is 0.381 e. The zero-order valence-electron chi connectivity index (χ0n) is 10.6. The van der Waals surface area contributed by atoms with E-state index in [1.807, 2.05) is 6.92 Å². The predicted molar refractivity (Wildman–Crippen MR) is 67.4 cm³/mol. The average molecular weight is 250 g/mol. The molecule has 0 aromatic carbocycles. The zero-order valence-corrected chi connectivity index (χ0v) is 10.6. The van der Waals surface area contributed by atoms with Gasteiger partial charge in [0.2, 0.25) is 0 Å². The molecular formula is C12H18N4O2. The van der Waals surface area contributed by atoms with E-state index in [1.54, 1.807) is 19.2 Å². The predicted octanol–water partition coefficient (Wildman–Crippen LogP) is 0.673. The topological polar surface area (TPSA) is 76.1 Å². The highest BCUT2D eigenvalue weighted by atomic mass is 16.5. The Hall–Kier alpha value is -1.69. The second-order valence-electron chi connectivity index (χ2n) is 4.44. The minimum Gasteiger partial charge on any atom is -0.381 e. The first-order valence-corrected chi connectivity index (χ1v) is 6.11. The summed E-state index contributed by atoms with van der Waals surface area (Å²) >= 11 is 0. The summed E-state index contributed by atoms with van der Waals surface area (Å²) in [5.74, 6) is 0.840. The van der Waals surface area contributed by atoms with E-state index in [4.69, 9.17) is 4.74 Å². The van der Waals surface area contributed by atoms with Crippen LogP contribution in [0.25, 0.3) is 0 Å². The third-order valence-corrected chi connectivity index (χ3v) is 3.18. The Balaban J connectivity index is 1.93. The summed E-state index contributed by atoms with van der Waals surface area (Å²) in [6, 6.07) is 3.47. The molecule has 2 atom stereocenters. The van der Waals surface area contributed by atoms with E-state index in [0.29, 0.717) is 24.0 Å². The van der Waals surface area contributed by atoms with Gasteiger partial charge in [0.1, 0.15) is 5.82 Å². The summed E-state index contributed by atoms with van der Waals surface area (Å²) < 4.78 is 5.31. The lowest BCUT2D eigenvalue weighted by atomic mass is 10.0. The highest BCUT2D eigenvalue weighted by Gasteiger charge is 2.24. The number of carbonyl (C=O) groups is 1. The minimum absolute atomic E-state index is 0.0887. The van der Waals surface area contributed by atoms with Gasteiger partial charge in [-0.3, -0.25) is 4.79 Å². The number of ether oxygens (including phenoxy) is 1. The van der Waals surface area contributed by atoms with Crippen LogP contribution in [0.4, 0.5) is 5.82 Å². The molecule has 18 heavy (non-hydrogen) atoms. The minimum atomic E-state index is -0.190. The van der Waals surface area contributed by atoms with Crippen molar-refractivity contribution in [3.8, 4) is 0 Å². The number of carbonyl (C=O) groups excluding carboxylic acids is 1. The third kappa shape index (κ3) is 2.95. The molecule has 2 N–H and O–H groups in total. The molecule has 1 aliphatic heterocycles. The number of hydrogen-bond acceptors (Lipinski definition) is 5. The molecule has 2 unspecified atom stereocenters.